The van der Waals surface area contributed by atoms with Gasteiger partial charge in [0.25, 0.3) is 0 Å². The fourth-order valence-electron chi connectivity index (χ4n) is 2.47. The minimum Gasteiger partial charge on any atom is -0.396 e. The molecule has 1 aromatic rings. The van der Waals surface area contributed by atoms with Gasteiger partial charge >= 0.3 is 0 Å². The monoisotopic (exact) mass is 258 g/mol. The highest BCUT2D eigenvalue weighted by molar-refractivity contribution is 5.97. The van der Waals surface area contributed by atoms with Crippen molar-refractivity contribution in [3.63, 3.8) is 0 Å². The number of carbonyl (C=O) groups excluding carboxylic acids is 1. The molecule has 0 radical (unpaired) electrons. The summed E-state index contributed by atoms with van der Waals surface area (Å²) in [7, 11) is 0. The summed E-state index contributed by atoms with van der Waals surface area (Å²) in [5.74, 6) is 0.366. The first kappa shape index (κ1) is 13.7. The van der Waals surface area contributed by atoms with Crippen molar-refractivity contribution in [2.45, 2.75) is 12.8 Å². The quantitative estimate of drug-likeness (QED) is 0.830. The predicted octanol–water partition coefficient (Wildman–Crippen LogP) is 1.45. The molecule has 1 heterocycles. The lowest BCUT2D eigenvalue weighted by molar-refractivity contribution is 0.0833. The molecule has 19 heavy (non-hydrogen) atoms. The van der Waals surface area contributed by atoms with E-state index < -0.39 is 0 Å². The molecule has 0 aromatic heterocycles. The summed E-state index contributed by atoms with van der Waals surface area (Å²) in [6.45, 7) is 2.29. The van der Waals surface area contributed by atoms with Crippen molar-refractivity contribution in [1.82, 2.24) is 4.90 Å². The smallest absolute Gasteiger partial charge is 0.176 e. The van der Waals surface area contributed by atoms with Crippen LogP contribution in [0.25, 0.3) is 0 Å². The Bertz CT molecular complexity index is 476. The van der Waals surface area contributed by atoms with Gasteiger partial charge in [0.05, 0.1) is 18.2 Å². The van der Waals surface area contributed by atoms with Crippen LogP contribution in [0, 0.1) is 17.2 Å². The van der Waals surface area contributed by atoms with Crippen LogP contribution in [0.1, 0.15) is 28.8 Å². The Morgan fingerprint density at radius 2 is 2.16 bits per heavy atom. The van der Waals surface area contributed by atoms with Crippen LogP contribution in [-0.4, -0.2) is 42.0 Å². The van der Waals surface area contributed by atoms with Crippen molar-refractivity contribution >= 4 is 5.78 Å². The van der Waals surface area contributed by atoms with Gasteiger partial charge in [0.2, 0.25) is 0 Å². The molecule has 1 unspecified atom stereocenters. The van der Waals surface area contributed by atoms with Gasteiger partial charge in [-0.1, -0.05) is 12.1 Å². The Labute approximate surface area is 113 Å². The molecule has 4 nitrogen and oxygen atoms in total. The summed E-state index contributed by atoms with van der Waals surface area (Å²) in [5, 5.41) is 17.9. The van der Waals surface area contributed by atoms with Crippen LogP contribution in [0.5, 0.6) is 0 Å². The first-order valence-electron chi connectivity index (χ1n) is 6.59. The molecular weight excluding hydrogens is 240 g/mol. The van der Waals surface area contributed by atoms with E-state index in [9.17, 15) is 9.90 Å². The van der Waals surface area contributed by atoms with Crippen molar-refractivity contribution in [1.29, 1.82) is 5.26 Å². The molecule has 1 N–H and O–H groups in total. The van der Waals surface area contributed by atoms with Crippen LogP contribution in [0.15, 0.2) is 24.3 Å². The Hall–Kier alpha value is -1.70. The van der Waals surface area contributed by atoms with E-state index >= 15 is 0 Å². The van der Waals surface area contributed by atoms with E-state index in [1.807, 2.05) is 6.07 Å². The van der Waals surface area contributed by atoms with Gasteiger partial charge < -0.3 is 5.11 Å². The summed E-state index contributed by atoms with van der Waals surface area (Å²) in [4.78, 5) is 14.2. The van der Waals surface area contributed by atoms with Crippen molar-refractivity contribution in [2.24, 2.45) is 5.92 Å². The number of Topliss-reactive ketones (excluding diaryl/α,β-unsaturated/α-hetero) is 1. The first-order valence-corrected chi connectivity index (χ1v) is 6.59. The van der Waals surface area contributed by atoms with E-state index in [0.717, 1.165) is 25.9 Å². The van der Waals surface area contributed by atoms with Gasteiger partial charge in [-0.25, -0.2) is 0 Å². The zero-order valence-electron chi connectivity index (χ0n) is 10.9. The topological polar surface area (TPSA) is 64.3 Å². The highest BCUT2D eigenvalue weighted by atomic mass is 16.3. The summed E-state index contributed by atoms with van der Waals surface area (Å²) < 4.78 is 0. The van der Waals surface area contributed by atoms with Crippen molar-refractivity contribution in [3.05, 3.63) is 35.4 Å². The summed E-state index contributed by atoms with van der Waals surface area (Å²) >= 11 is 0. The average Bonchev–Trinajstić information content (AvgIpc) is 2.47. The van der Waals surface area contributed by atoms with Gasteiger partial charge in [0, 0.05) is 18.7 Å². The second-order valence-electron chi connectivity index (χ2n) is 5.04. The van der Waals surface area contributed by atoms with E-state index in [1.165, 1.54) is 0 Å². The van der Waals surface area contributed by atoms with Crippen molar-refractivity contribution in [3.8, 4) is 6.07 Å². The number of nitrogens with zero attached hydrogens (tertiary/aromatic N) is 2. The third-order valence-corrected chi connectivity index (χ3v) is 3.56. The molecule has 1 saturated heterocycles. The van der Waals surface area contributed by atoms with E-state index in [0.29, 0.717) is 23.6 Å². The molecule has 1 atom stereocenters. The van der Waals surface area contributed by atoms with Crippen molar-refractivity contribution in [2.75, 3.05) is 26.2 Å². The lowest BCUT2D eigenvalue weighted by Gasteiger charge is -2.31. The Morgan fingerprint density at radius 3 is 2.79 bits per heavy atom. The number of hydrogen-bond donors (Lipinski definition) is 1. The van der Waals surface area contributed by atoms with Crippen molar-refractivity contribution < 1.29 is 9.90 Å². The number of rotatable bonds is 4. The second kappa shape index (κ2) is 6.46. The molecule has 0 aliphatic carbocycles. The van der Waals surface area contributed by atoms with Crippen LogP contribution in [0.4, 0.5) is 0 Å². The number of ketones is 1. The standard InChI is InChI=1S/C15H18N2O2/c16-8-12-3-5-14(6-4-12)15(19)10-17-7-1-2-13(9-17)11-18/h3-6,13,18H,1-2,7,9-11H2. The highest BCUT2D eigenvalue weighted by Crippen LogP contribution is 2.16. The zero-order valence-corrected chi connectivity index (χ0v) is 10.9. The molecule has 0 bridgehead atoms. The second-order valence-corrected chi connectivity index (χ2v) is 5.04. The number of carbonyl (C=O) groups is 1. The number of likely N-dealkylation sites (tertiary alicyclic amines) is 1. The van der Waals surface area contributed by atoms with Crippen LogP contribution >= 0.6 is 0 Å². The van der Waals surface area contributed by atoms with Gasteiger partial charge in [-0.15, -0.1) is 0 Å². The molecule has 1 aliphatic heterocycles. The van der Waals surface area contributed by atoms with Gasteiger partial charge in [0.1, 0.15) is 0 Å². The average molecular weight is 258 g/mol. The molecule has 1 aromatic carbocycles. The maximum atomic E-state index is 12.1. The third kappa shape index (κ3) is 3.63. The fraction of sp³-hybridized carbons (Fsp3) is 0.467. The van der Waals surface area contributed by atoms with Crippen LogP contribution in [0.2, 0.25) is 0 Å². The number of benzene rings is 1. The molecular formula is C15H18N2O2. The van der Waals surface area contributed by atoms with Gasteiger partial charge in [0.15, 0.2) is 5.78 Å². The predicted molar refractivity (Wildman–Crippen MR) is 71.7 cm³/mol. The van der Waals surface area contributed by atoms with Crippen LogP contribution in [-0.2, 0) is 0 Å². The molecule has 2 rings (SSSR count). The lowest BCUT2D eigenvalue weighted by atomic mass is 9.98. The van der Waals surface area contributed by atoms with E-state index in [1.54, 1.807) is 24.3 Å². The fourth-order valence-corrected chi connectivity index (χ4v) is 2.47. The third-order valence-electron chi connectivity index (χ3n) is 3.56. The Morgan fingerprint density at radius 1 is 1.42 bits per heavy atom. The number of aliphatic hydroxyl groups excluding tert-OH is 1. The normalized spacial score (nSPS) is 19.9. The molecule has 1 aliphatic rings. The molecule has 1 fully saturated rings. The molecule has 0 spiro atoms. The molecule has 100 valence electrons. The molecule has 0 saturated carbocycles. The Balaban J connectivity index is 1.94. The molecule has 4 heteroatoms. The minimum absolute atomic E-state index is 0.0723. The number of aliphatic hydroxyl groups is 1. The van der Waals surface area contributed by atoms with Crippen LogP contribution < -0.4 is 0 Å². The summed E-state index contributed by atoms with van der Waals surface area (Å²) in [6.07, 6.45) is 2.07. The maximum Gasteiger partial charge on any atom is 0.176 e. The van der Waals surface area contributed by atoms with E-state index in [4.69, 9.17) is 5.26 Å². The number of piperidine rings is 1. The van der Waals surface area contributed by atoms with Gasteiger partial charge in [-0.3, -0.25) is 9.69 Å². The van der Waals surface area contributed by atoms with E-state index in [2.05, 4.69) is 4.90 Å². The summed E-state index contributed by atoms with van der Waals surface area (Å²) in [5.41, 5.74) is 1.21. The highest BCUT2D eigenvalue weighted by Gasteiger charge is 2.21. The summed E-state index contributed by atoms with van der Waals surface area (Å²) in [6, 6.07) is 8.78. The largest absolute Gasteiger partial charge is 0.396 e. The number of hydrogen-bond acceptors (Lipinski definition) is 4. The van der Waals surface area contributed by atoms with E-state index in [-0.39, 0.29) is 12.4 Å². The number of nitriles is 1. The lowest BCUT2D eigenvalue weighted by Crippen LogP contribution is -2.39. The van der Waals surface area contributed by atoms with Gasteiger partial charge in [-0.05, 0) is 37.4 Å². The maximum absolute atomic E-state index is 12.1. The van der Waals surface area contributed by atoms with Crippen LogP contribution in [0.3, 0.4) is 0 Å². The minimum atomic E-state index is 0.0723. The first-order chi connectivity index (χ1) is 9.22. The molecule has 0 amide bonds. The SMILES string of the molecule is N#Cc1ccc(C(=O)CN2CCCC(CO)C2)cc1. The Kier molecular flexibility index (Phi) is 4.67. The van der Waals surface area contributed by atoms with Gasteiger partial charge in [-0.2, -0.15) is 5.26 Å². The zero-order chi connectivity index (χ0) is 13.7.